The van der Waals surface area contributed by atoms with Gasteiger partial charge >= 0.3 is 10.3 Å². The lowest BCUT2D eigenvalue weighted by atomic mass is 10.1. The average Bonchev–Trinajstić information content (AvgIpc) is 2.57. The molecule has 5 nitrogen and oxygen atoms in total. The summed E-state index contributed by atoms with van der Waals surface area (Å²) in [5.41, 5.74) is 0.858. The molecule has 1 aromatic carbocycles. The van der Waals surface area contributed by atoms with Crippen LogP contribution in [0.4, 0.5) is 0 Å². The number of hydrogen-bond acceptors (Lipinski definition) is 4. The van der Waals surface area contributed by atoms with Crippen molar-refractivity contribution in [2.24, 2.45) is 0 Å². The summed E-state index contributed by atoms with van der Waals surface area (Å²) in [6, 6.07) is 8.88. The molecule has 1 aromatic rings. The first-order valence-corrected chi connectivity index (χ1v) is 6.38. The Morgan fingerprint density at radius 2 is 2.12 bits per heavy atom. The van der Waals surface area contributed by atoms with Gasteiger partial charge in [-0.3, -0.25) is 9.02 Å². The first kappa shape index (κ1) is 11.5. The maximum Gasteiger partial charge on any atom is 0.361 e. The molecule has 0 saturated carbocycles. The minimum absolute atomic E-state index is 0.0896. The van der Waals surface area contributed by atoms with E-state index in [0.717, 1.165) is 10.0 Å². The van der Waals surface area contributed by atoms with Crippen LogP contribution in [0.25, 0.3) is 0 Å². The van der Waals surface area contributed by atoms with Gasteiger partial charge in [0, 0.05) is 0 Å². The van der Waals surface area contributed by atoms with Gasteiger partial charge in [0.1, 0.15) is 6.04 Å². The molecule has 88 valence electrons. The third kappa shape index (κ3) is 2.10. The number of hydroxylamine groups is 1. The van der Waals surface area contributed by atoms with E-state index in [4.69, 9.17) is 9.02 Å². The Balaban J connectivity index is 2.29. The van der Waals surface area contributed by atoms with Gasteiger partial charge in [0.2, 0.25) is 0 Å². The van der Waals surface area contributed by atoms with Crippen molar-refractivity contribution in [2.45, 2.75) is 13.0 Å². The Bertz CT molecular complexity index is 445. The molecule has 6 heteroatoms. The van der Waals surface area contributed by atoms with Gasteiger partial charge in [-0.05, 0) is 17.0 Å². The van der Waals surface area contributed by atoms with Gasteiger partial charge < -0.3 is 0 Å². The van der Waals surface area contributed by atoms with Gasteiger partial charge in [-0.15, -0.1) is 0 Å². The minimum Gasteiger partial charge on any atom is -0.282 e. The molecular weight excluding hydrogens is 230 g/mol. The number of benzene rings is 1. The van der Waals surface area contributed by atoms with E-state index in [1.165, 1.54) is 0 Å². The lowest BCUT2D eigenvalue weighted by Gasteiger charge is -2.18. The van der Waals surface area contributed by atoms with Crippen LogP contribution in [-0.2, 0) is 19.3 Å². The summed E-state index contributed by atoms with van der Waals surface area (Å²) in [5.74, 6) is 0. The molecule has 0 radical (unpaired) electrons. The fourth-order valence-corrected chi connectivity index (χ4v) is 2.73. The van der Waals surface area contributed by atoms with Crippen molar-refractivity contribution in [3.8, 4) is 0 Å². The Morgan fingerprint density at radius 1 is 1.44 bits per heavy atom. The Labute approximate surface area is 94.8 Å². The lowest BCUT2D eigenvalue weighted by molar-refractivity contribution is -0.0983. The van der Waals surface area contributed by atoms with E-state index >= 15 is 0 Å². The molecule has 2 rings (SSSR count). The van der Waals surface area contributed by atoms with Crippen LogP contribution in [0.15, 0.2) is 30.3 Å². The average molecular weight is 243 g/mol. The first-order valence-electron chi connectivity index (χ1n) is 5.02. The van der Waals surface area contributed by atoms with Crippen molar-refractivity contribution in [1.29, 1.82) is 0 Å². The van der Waals surface area contributed by atoms with Crippen LogP contribution in [0.5, 0.6) is 0 Å². The summed E-state index contributed by atoms with van der Waals surface area (Å²) in [6.07, 6.45) is 0. The maximum atomic E-state index is 11.5. The first-order chi connectivity index (χ1) is 7.65. The molecule has 0 aliphatic carbocycles. The van der Waals surface area contributed by atoms with Gasteiger partial charge in [-0.25, -0.2) is 0 Å². The molecule has 1 atom stereocenters. The largest absolute Gasteiger partial charge is 0.361 e. The quantitative estimate of drug-likeness (QED) is 0.802. The van der Waals surface area contributed by atoms with Gasteiger partial charge in [0.15, 0.2) is 0 Å². The summed E-state index contributed by atoms with van der Waals surface area (Å²) in [5, 5.41) is 0. The molecule has 1 aliphatic heterocycles. The normalized spacial score (nSPS) is 24.7. The summed E-state index contributed by atoms with van der Waals surface area (Å²) in [4.78, 5) is 5.11. The third-order valence-electron chi connectivity index (χ3n) is 2.29. The van der Waals surface area contributed by atoms with Crippen LogP contribution < -0.4 is 0 Å². The van der Waals surface area contributed by atoms with Crippen molar-refractivity contribution >= 4 is 10.3 Å². The summed E-state index contributed by atoms with van der Waals surface area (Å²) in [7, 11) is -3.74. The SMILES string of the molecule is CCON1[C@H](c2ccccc2)COS1(=O)=O. The second-order valence-electron chi connectivity index (χ2n) is 3.34. The molecule has 1 saturated heterocycles. The number of rotatable bonds is 3. The van der Waals surface area contributed by atoms with Gasteiger partial charge in [-0.1, -0.05) is 30.3 Å². The van der Waals surface area contributed by atoms with Crippen molar-refractivity contribution < 1.29 is 17.4 Å². The van der Waals surface area contributed by atoms with Crippen LogP contribution in [-0.4, -0.2) is 26.1 Å². The van der Waals surface area contributed by atoms with E-state index in [-0.39, 0.29) is 13.2 Å². The monoisotopic (exact) mass is 243 g/mol. The second kappa shape index (κ2) is 4.50. The van der Waals surface area contributed by atoms with Crippen LogP contribution in [0.1, 0.15) is 18.5 Å². The molecule has 1 fully saturated rings. The summed E-state index contributed by atoms with van der Waals surface area (Å²) >= 11 is 0. The van der Waals surface area contributed by atoms with Crippen LogP contribution in [0, 0.1) is 0 Å². The zero-order valence-corrected chi connectivity index (χ0v) is 9.68. The third-order valence-corrected chi connectivity index (χ3v) is 3.52. The van der Waals surface area contributed by atoms with E-state index in [0.29, 0.717) is 0 Å². The zero-order chi connectivity index (χ0) is 11.6. The topological polar surface area (TPSA) is 55.8 Å². The molecule has 0 aromatic heterocycles. The van der Waals surface area contributed by atoms with Gasteiger partial charge in [0.25, 0.3) is 0 Å². The van der Waals surface area contributed by atoms with E-state index in [1.54, 1.807) is 6.92 Å². The Morgan fingerprint density at radius 3 is 2.75 bits per heavy atom. The smallest absolute Gasteiger partial charge is 0.282 e. The summed E-state index contributed by atoms with van der Waals surface area (Å²) in [6.45, 7) is 2.11. The highest BCUT2D eigenvalue weighted by atomic mass is 32.2. The predicted octanol–water partition coefficient (Wildman–Crippen LogP) is 1.26. The highest BCUT2D eigenvalue weighted by Crippen LogP contribution is 2.31. The van der Waals surface area contributed by atoms with E-state index in [1.807, 2.05) is 30.3 Å². The number of nitrogens with zero attached hydrogens (tertiary/aromatic N) is 1. The highest BCUT2D eigenvalue weighted by Gasteiger charge is 2.40. The molecule has 1 aliphatic rings. The summed E-state index contributed by atoms with van der Waals surface area (Å²) < 4.78 is 28.7. The molecule has 16 heavy (non-hydrogen) atoms. The second-order valence-corrected chi connectivity index (χ2v) is 4.79. The molecule has 1 heterocycles. The lowest BCUT2D eigenvalue weighted by Crippen LogP contribution is -2.28. The van der Waals surface area contributed by atoms with Gasteiger partial charge in [0.05, 0.1) is 13.2 Å². The Hall–Kier alpha value is -0.950. The zero-order valence-electron chi connectivity index (χ0n) is 8.87. The van der Waals surface area contributed by atoms with Gasteiger partial charge in [-0.2, -0.15) is 8.42 Å². The molecule has 0 bridgehead atoms. The standard InChI is InChI=1S/C10H13NO4S/c1-2-14-11-10(8-15-16(11,12)13)9-6-4-3-5-7-9/h3-7,10H,2,8H2,1H3/t10-/m0/s1. The van der Waals surface area contributed by atoms with Crippen LogP contribution >= 0.6 is 0 Å². The van der Waals surface area contributed by atoms with E-state index in [2.05, 4.69) is 0 Å². The fourth-order valence-electron chi connectivity index (χ4n) is 1.59. The molecule has 0 unspecified atom stereocenters. The molecule has 0 N–H and O–H groups in total. The maximum absolute atomic E-state index is 11.5. The van der Waals surface area contributed by atoms with E-state index < -0.39 is 16.3 Å². The van der Waals surface area contributed by atoms with Crippen molar-refractivity contribution in [3.63, 3.8) is 0 Å². The fraction of sp³-hybridized carbons (Fsp3) is 0.400. The van der Waals surface area contributed by atoms with Crippen molar-refractivity contribution in [2.75, 3.05) is 13.2 Å². The highest BCUT2D eigenvalue weighted by molar-refractivity contribution is 7.84. The van der Waals surface area contributed by atoms with Crippen molar-refractivity contribution in [3.05, 3.63) is 35.9 Å². The van der Waals surface area contributed by atoms with Crippen molar-refractivity contribution in [1.82, 2.24) is 4.47 Å². The van der Waals surface area contributed by atoms with E-state index in [9.17, 15) is 8.42 Å². The van der Waals surface area contributed by atoms with Crippen LogP contribution in [0.2, 0.25) is 0 Å². The minimum atomic E-state index is -3.74. The van der Waals surface area contributed by atoms with Crippen LogP contribution in [0.3, 0.4) is 0 Å². The molecular formula is C10H13NO4S. The Kier molecular flexibility index (Phi) is 3.25. The number of hydrogen-bond donors (Lipinski definition) is 0. The molecule has 0 spiro atoms. The molecule has 0 amide bonds. The predicted molar refractivity (Wildman–Crippen MR) is 57.5 cm³/mol.